The first-order chi connectivity index (χ1) is 15.6. The highest BCUT2D eigenvalue weighted by Crippen LogP contribution is 2.29. The molecule has 0 spiro atoms. The minimum Gasteiger partial charge on any atom is -0.465 e. The third-order valence-corrected chi connectivity index (χ3v) is 4.24. The average Bonchev–Trinajstić information content (AvgIpc) is 2.99. The Morgan fingerprint density at radius 2 is 1.24 bits per heavy atom. The first-order valence-corrected chi connectivity index (χ1v) is 10.2. The molecule has 0 N–H and O–H groups in total. The van der Waals surface area contributed by atoms with Crippen molar-refractivity contribution in [1.82, 2.24) is 0 Å². The number of methoxy groups -OCH3 is 2. The van der Waals surface area contributed by atoms with Crippen LogP contribution in [0.4, 0.5) is 5.69 Å². The third kappa shape index (κ3) is 6.31. The van der Waals surface area contributed by atoms with Gasteiger partial charge >= 0.3 is 23.9 Å². The molecule has 9 nitrogen and oxygen atoms in total. The van der Waals surface area contributed by atoms with Gasteiger partial charge in [-0.15, -0.1) is 0 Å². The van der Waals surface area contributed by atoms with Crippen LogP contribution in [0.15, 0.2) is 53.9 Å². The maximum absolute atomic E-state index is 12.7. The lowest BCUT2D eigenvalue weighted by molar-refractivity contribution is -0.139. The molecule has 33 heavy (non-hydrogen) atoms. The molecule has 0 fully saturated rings. The van der Waals surface area contributed by atoms with Gasteiger partial charge in [0.25, 0.3) is 0 Å². The standard InChI is InChI=1S/C24H27NO8/c1-14(2)32-21(26)16-11-17(22(27)33-15(3)4)13-18(12-16)25-10-8-7-9-19(23(28)30-5)20(25)24(29)31-6/h7-15H,1-6H3. The van der Waals surface area contributed by atoms with Crippen LogP contribution in [0.3, 0.4) is 0 Å². The number of rotatable bonds is 7. The van der Waals surface area contributed by atoms with Gasteiger partial charge in [0.05, 0.1) is 43.1 Å². The van der Waals surface area contributed by atoms with E-state index >= 15 is 0 Å². The van der Waals surface area contributed by atoms with Gasteiger partial charge < -0.3 is 23.8 Å². The van der Waals surface area contributed by atoms with Crippen molar-refractivity contribution in [3.8, 4) is 0 Å². The Kier molecular flexibility index (Phi) is 8.56. The maximum Gasteiger partial charge on any atom is 0.355 e. The van der Waals surface area contributed by atoms with Crippen molar-refractivity contribution in [2.24, 2.45) is 0 Å². The summed E-state index contributed by atoms with van der Waals surface area (Å²) in [5.74, 6) is -2.93. The fraction of sp³-hybridized carbons (Fsp3) is 0.333. The molecule has 2 rings (SSSR count). The summed E-state index contributed by atoms with van der Waals surface area (Å²) in [5.41, 5.74) is 0.117. The fourth-order valence-corrected chi connectivity index (χ4v) is 2.92. The van der Waals surface area contributed by atoms with Crippen LogP contribution in [0.1, 0.15) is 48.4 Å². The van der Waals surface area contributed by atoms with Crippen molar-refractivity contribution in [1.29, 1.82) is 0 Å². The SMILES string of the molecule is COC(=O)C1=C(C(=O)OC)N(c2cc(C(=O)OC(C)C)cc(C(=O)OC(C)C)c2)C=CC=C1. The molecule has 0 radical (unpaired) electrons. The van der Waals surface area contributed by atoms with Crippen molar-refractivity contribution in [3.05, 3.63) is 65.0 Å². The van der Waals surface area contributed by atoms with Crippen LogP contribution in [0.5, 0.6) is 0 Å². The van der Waals surface area contributed by atoms with E-state index in [1.807, 2.05) is 0 Å². The van der Waals surface area contributed by atoms with Crippen LogP contribution in [0.25, 0.3) is 0 Å². The number of ether oxygens (including phenoxy) is 4. The van der Waals surface area contributed by atoms with Gasteiger partial charge in [-0.05, 0) is 58.0 Å². The zero-order valence-corrected chi connectivity index (χ0v) is 19.4. The van der Waals surface area contributed by atoms with Crippen molar-refractivity contribution in [3.63, 3.8) is 0 Å². The summed E-state index contributed by atoms with van der Waals surface area (Å²) in [6.07, 6.45) is 5.21. The van der Waals surface area contributed by atoms with Gasteiger partial charge in [-0.25, -0.2) is 19.2 Å². The van der Waals surface area contributed by atoms with Gasteiger partial charge in [-0.3, -0.25) is 0 Å². The summed E-state index contributed by atoms with van der Waals surface area (Å²) in [6.45, 7) is 6.78. The molecule has 9 heteroatoms. The zero-order chi connectivity index (χ0) is 24.7. The summed E-state index contributed by atoms with van der Waals surface area (Å²) in [7, 11) is 2.35. The van der Waals surface area contributed by atoms with E-state index in [0.29, 0.717) is 0 Å². The van der Waals surface area contributed by atoms with Crippen LogP contribution in [0.2, 0.25) is 0 Å². The number of carbonyl (C=O) groups is 4. The maximum atomic E-state index is 12.7. The Balaban J connectivity index is 2.75. The molecule has 176 valence electrons. The molecule has 1 aliphatic rings. The molecular weight excluding hydrogens is 430 g/mol. The molecule has 0 saturated carbocycles. The molecule has 1 aromatic rings. The zero-order valence-electron chi connectivity index (χ0n) is 19.4. The second-order valence-electron chi connectivity index (χ2n) is 7.49. The number of benzene rings is 1. The molecule has 0 bridgehead atoms. The molecule has 0 unspecified atom stereocenters. The van der Waals surface area contributed by atoms with Gasteiger partial charge in [-0.2, -0.15) is 0 Å². The van der Waals surface area contributed by atoms with E-state index in [1.165, 1.54) is 49.6 Å². The van der Waals surface area contributed by atoms with Crippen molar-refractivity contribution in [2.75, 3.05) is 19.1 Å². The highest BCUT2D eigenvalue weighted by molar-refractivity contribution is 6.06. The van der Waals surface area contributed by atoms with E-state index in [0.717, 1.165) is 0 Å². The molecule has 0 aromatic heterocycles. The van der Waals surface area contributed by atoms with Crippen LogP contribution in [0, 0.1) is 0 Å². The third-order valence-electron chi connectivity index (χ3n) is 4.24. The lowest BCUT2D eigenvalue weighted by Crippen LogP contribution is -2.27. The van der Waals surface area contributed by atoms with E-state index in [-0.39, 0.29) is 28.1 Å². The number of nitrogens with zero attached hydrogens (tertiary/aromatic N) is 1. The normalized spacial score (nSPS) is 13.2. The number of hydrogen-bond donors (Lipinski definition) is 0. The van der Waals surface area contributed by atoms with Gasteiger partial charge in [0, 0.05) is 11.9 Å². The second-order valence-corrected chi connectivity index (χ2v) is 7.49. The number of hydrogen-bond acceptors (Lipinski definition) is 9. The average molecular weight is 457 g/mol. The van der Waals surface area contributed by atoms with Crippen molar-refractivity contribution in [2.45, 2.75) is 39.9 Å². The van der Waals surface area contributed by atoms with Crippen LogP contribution in [-0.2, 0) is 28.5 Å². The summed E-state index contributed by atoms with van der Waals surface area (Å²) >= 11 is 0. The summed E-state index contributed by atoms with van der Waals surface area (Å²) in [4.78, 5) is 51.7. The van der Waals surface area contributed by atoms with E-state index in [4.69, 9.17) is 18.9 Å². The van der Waals surface area contributed by atoms with Crippen LogP contribution < -0.4 is 4.90 Å². The monoisotopic (exact) mass is 457 g/mol. The summed E-state index contributed by atoms with van der Waals surface area (Å²) < 4.78 is 20.2. The largest absolute Gasteiger partial charge is 0.465 e. The second kappa shape index (κ2) is 11.1. The first-order valence-electron chi connectivity index (χ1n) is 10.2. The van der Waals surface area contributed by atoms with Gasteiger partial charge in [-0.1, -0.05) is 6.08 Å². The fourth-order valence-electron chi connectivity index (χ4n) is 2.92. The molecule has 1 aliphatic heterocycles. The number of allylic oxidation sites excluding steroid dienone is 2. The van der Waals surface area contributed by atoms with Crippen molar-refractivity contribution < 1.29 is 38.1 Å². The predicted octanol–water partition coefficient (Wildman–Crippen LogP) is 3.31. The Labute approximate surface area is 192 Å². The van der Waals surface area contributed by atoms with E-state index < -0.39 is 36.1 Å². The highest BCUT2D eigenvalue weighted by atomic mass is 16.5. The Bertz CT molecular complexity index is 993. The Hall–Kier alpha value is -3.88. The quantitative estimate of drug-likeness (QED) is 0.450. The van der Waals surface area contributed by atoms with Gasteiger partial charge in [0.15, 0.2) is 0 Å². The van der Waals surface area contributed by atoms with E-state index in [2.05, 4.69) is 0 Å². The van der Waals surface area contributed by atoms with Gasteiger partial charge in [0.2, 0.25) is 0 Å². The lowest BCUT2D eigenvalue weighted by Gasteiger charge is -2.24. The van der Waals surface area contributed by atoms with Crippen LogP contribution >= 0.6 is 0 Å². The van der Waals surface area contributed by atoms with Crippen LogP contribution in [-0.4, -0.2) is 50.3 Å². The van der Waals surface area contributed by atoms with Gasteiger partial charge in [0.1, 0.15) is 5.70 Å². The minimum atomic E-state index is -0.826. The summed E-state index contributed by atoms with van der Waals surface area (Å²) in [6, 6.07) is 4.22. The van der Waals surface area contributed by atoms with E-state index in [9.17, 15) is 19.2 Å². The molecular formula is C24H27NO8. The van der Waals surface area contributed by atoms with Crippen molar-refractivity contribution >= 4 is 29.6 Å². The lowest BCUT2D eigenvalue weighted by atomic mass is 10.1. The highest BCUT2D eigenvalue weighted by Gasteiger charge is 2.29. The number of carbonyl (C=O) groups excluding carboxylic acids is 4. The Morgan fingerprint density at radius 3 is 1.70 bits per heavy atom. The first kappa shape index (κ1) is 25.4. The smallest absolute Gasteiger partial charge is 0.355 e. The minimum absolute atomic E-state index is 0.0614. The van der Waals surface area contributed by atoms with E-state index in [1.54, 1.807) is 39.8 Å². The molecule has 0 amide bonds. The molecule has 0 saturated heterocycles. The molecule has 1 heterocycles. The molecule has 1 aromatic carbocycles. The number of anilines is 1. The Morgan fingerprint density at radius 1 is 0.727 bits per heavy atom. The molecule has 0 atom stereocenters. The number of esters is 4. The topological polar surface area (TPSA) is 108 Å². The predicted molar refractivity (Wildman–Crippen MR) is 119 cm³/mol. The summed E-state index contributed by atoms with van der Waals surface area (Å²) in [5, 5.41) is 0. The molecule has 0 aliphatic carbocycles.